The molecule has 0 bridgehead atoms. The standard InChI is InChI=1S/C26H26N2O5S/c1-2-3-14-33-26(31)20-10-12-21(13-11-20)27-24(30)18-6-8-19(9-7-18)25-28(23(29)17-34-25)16-22-5-4-15-32-22/h4-13,15,25H,2-3,14,16-17H2,1H3,(H,27,30)/t25-/m1/s1. The highest BCUT2D eigenvalue weighted by atomic mass is 32.2. The average Bonchev–Trinajstić information content (AvgIpc) is 3.50. The van der Waals surface area contributed by atoms with Gasteiger partial charge in [0.2, 0.25) is 5.91 Å². The highest BCUT2D eigenvalue weighted by molar-refractivity contribution is 8.00. The van der Waals surface area contributed by atoms with Crippen LogP contribution in [0.5, 0.6) is 0 Å². The molecule has 1 aliphatic heterocycles. The Kier molecular flexibility index (Phi) is 7.69. The monoisotopic (exact) mass is 478 g/mol. The molecule has 0 radical (unpaired) electrons. The molecule has 3 aromatic rings. The van der Waals surface area contributed by atoms with Crippen molar-refractivity contribution in [1.29, 1.82) is 0 Å². The Labute approximate surface area is 202 Å². The fourth-order valence-corrected chi connectivity index (χ4v) is 4.74. The number of carbonyl (C=O) groups excluding carboxylic acids is 3. The SMILES string of the molecule is CCCCOC(=O)c1ccc(NC(=O)c2ccc([C@H]3SCC(=O)N3Cc3ccco3)cc2)cc1. The van der Waals surface area contributed by atoms with Crippen molar-refractivity contribution >= 4 is 35.2 Å². The number of unbranched alkanes of at least 4 members (excludes halogenated alkanes) is 1. The van der Waals surface area contributed by atoms with Crippen LogP contribution in [-0.2, 0) is 16.1 Å². The molecule has 0 spiro atoms. The van der Waals surface area contributed by atoms with Crippen LogP contribution < -0.4 is 5.32 Å². The minimum absolute atomic E-state index is 0.0610. The number of carbonyl (C=O) groups is 3. The van der Waals surface area contributed by atoms with E-state index >= 15 is 0 Å². The van der Waals surface area contributed by atoms with Gasteiger partial charge in [-0.1, -0.05) is 25.5 Å². The molecule has 0 unspecified atom stereocenters. The Morgan fingerprint density at radius 1 is 1.09 bits per heavy atom. The Hall–Kier alpha value is -3.52. The number of hydrogen-bond acceptors (Lipinski definition) is 6. The van der Waals surface area contributed by atoms with Crippen LogP contribution in [0.4, 0.5) is 5.69 Å². The van der Waals surface area contributed by atoms with Crippen molar-refractivity contribution in [1.82, 2.24) is 4.90 Å². The molecule has 1 aliphatic rings. The molecule has 0 saturated carbocycles. The summed E-state index contributed by atoms with van der Waals surface area (Å²) in [5, 5.41) is 2.71. The Morgan fingerprint density at radius 2 is 1.82 bits per heavy atom. The smallest absolute Gasteiger partial charge is 0.338 e. The van der Waals surface area contributed by atoms with Gasteiger partial charge in [0.15, 0.2) is 0 Å². The summed E-state index contributed by atoms with van der Waals surface area (Å²) in [6, 6.07) is 17.5. The van der Waals surface area contributed by atoms with Crippen LogP contribution >= 0.6 is 11.8 Å². The van der Waals surface area contributed by atoms with Crippen LogP contribution in [0.25, 0.3) is 0 Å². The third-order valence-electron chi connectivity index (χ3n) is 5.44. The number of rotatable bonds is 9. The minimum Gasteiger partial charge on any atom is -0.467 e. The van der Waals surface area contributed by atoms with Crippen LogP contribution in [0.3, 0.4) is 0 Å². The maximum Gasteiger partial charge on any atom is 0.338 e. The zero-order valence-corrected chi connectivity index (χ0v) is 19.7. The second-order valence-corrected chi connectivity index (χ2v) is 8.98. The van der Waals surface area contributed by atoms with Crippen LogP contribution in [0.15, 0.2) is 71.3 Å². The van der Waals surface area contributed by atoms with E-state index in [9.17, 15) is 14.4 Å². The van der Waals surface area contributed by atoms with E-state index in [2.05, 4.69) is 5.32 Å². The largest absolute Gasteiger partial charge is 0.467 e. The van der Waals surface area contributed by atoms with Gasteiger partial charge in [0.25, 0.3) is 5.91 Å². The number of nitrogens with zero attached hydrogens (tertiary/aromatic N) is 1. The summed E-state index contributed by atoms with van der Waals surface area (Å²) in [6.07, 6.45) is 3.38. The number of furan rings is 1. The van der Waals surface area contributed by atoms with Crippen molar-refractivity contribution < 1.29 is 23.5 Å². The molecule has 1 aromatic heterocycles. The second kappa shape index (κ2) is 11.1. The number of nitrogens with one attached hydrogen (secondary N) is 1. The summed E-state index contributed by atoms with van der Waals surface area (Å²) in [4.78, 5) is 38.8. The first kappa shape index (κ1) is 23.6. The van der Waals surface area contributed by atoms with Gasteiger partial charge in [-0.3, -0.25) is 9.59 Å². The number of esters is 1. The lowest BCUT2D eigenvalue weighted by atomic mass is 10.1. The van der Waals surface area contributed by atoms with Gasteiger partial charge in [-0.05, 0) is 60.5 Å². The van der Waals surface area contributed by atoms with Crippen molar-refractivity contribution in [3.8, 4) is 0 Å². The highest BCUT2D eigenvalue weighted by Crippen LogP contribution is 2.39. The zero-order chi connectivity index (χ0) is 23.9. The highest BCUT2D eigenvalue weighted by Gasteiger charge is 2.33. The number of amides is 2. The Bertz CT molecular complexity index is 1130. The summed E-state index contributed by atoms with van der Waals surface area (Å²) in [5.41, 5.74) is 2.48. The first-order valence-electron chi connectivity index (χ1n) is 11.2. The number of hydrogen-bond donors (Lipinski definition) is 1. The van der Waals surface area contributed by atoms with Gasteiger partial charge >= 0.3 is 5.97 Å². The van der Waals surface area contributed by atoms with Crippen molar-refractivity contribution in [2.45, 2.75) is 31.7 Å². The predicted molar refractivity (Wildman–Crippen MR) is 130 cm³/mol. The molecule has 2 heterocycles. The van der Waals surface area contributed by atoms with E-state index in [-0.39, 0.29) is 23.2 Å². The van der Waals surface area contributed by atoms with Crippen LogP contribution in [-0.4, -0.2) is 35.0 Å². The van der Waals surface area contributed by atoms with Crippen LogP contribution in [0.1, 0.15) is 57.2 Å². The van der Waals surface area contributed by atoms with E-state index in [0.717, 1.165) is 24.2 Å². The van der Waals surface area contributed by atoms with Crippen LogP contribution in [0.2, 0.25) is 0 Å². The molecule has 7 nitrogen and oxygen atoms in total. The van der Waals surface area contributed by atoms with Crippen molar-refractivity contribution in [2.75, 3.05) is 17.7 Å². The molecule has 1 fully saturated rings. The molecule has 2 amide bonds. The van der Waals surface area contributed by atoms with Crippen molar-refractivity contribution in [3.63, 3.8) is 0 Å². The van der Waals surface area contributed by atoms with Crippen LogP contribution in [0, 0.1) is 0 Å². The lowest BCUT2D eigenvalue weighted by molar-refractivity contribution is -0.128. The summed E-state index contributed by atoms with van der Waals surface area (Å²) >= 11 is 1.56. The van der Waals surface area contributed by atoms with Crippen molar-refractivity contribution in [2.24, 2.45) is 0 Å². The molecule has 1 N–H and O–H groups in total. The summed E-state index contributed by atoms with van der Waals surface area (Å²) in [6.45, 7) is 2.84. The maximum atomic E-state index is 12.7. The van der Waals surface area contributed by atoms with E-state index < -0.39 is 0 Å². The first-order valence-corrected chi connectivity index (χ1v) is 12.2. The molecule has 176 valence electrons. The molecule has 0 aliphatic carbocycles. The fourth-order valence-electron chi connectivity index (χ4n) is 3.56. The summed E-state index contributed by atoms with van der Waals surface area (Å²) in [5.74, 6) is 0.581. The third-order valence-corrected chi connectivity index (χ3v) is 6.70. The lowest BCUT2D eigenvalue weighted by Crippen LogP contribution is -2.27. The van der Waals surface area contributed by atoms with Gasteiger partial charge in [0.1, 0.15) is 11.1 Å². The van der Waals surface area contributed by atoms with E-state index in [1.54, 1.807) is 65.4 Å². The molecule has 2 aromatic carbocycles. The fraction of sp³-hybridized carbons (Fsp3) is 0.269. The molecule has 8 heteroatoms. The molecule has 4 rings (SSSR count). The first-order chi connectivity index (χ1) is 16.5. The molecule has 1 saturated heterocycles. The topological polar surface area (TPSA) is 88.8 Å². The van der Waals surface area contributed by atoms with Gasteiger partial charge in [-0.2, -0.15) is 0 Å². The van der Waals surface area contributed by atoms with E-state index in [0.29, 0.717) is 35.7 Å². The van der Waals surface area contributed by atoms with E-state index in [1.165, 1.54) is 0 Å². The Morgan fingerprint density at radius 3 is 2.50 bits per heavy atom. The lowest BCUT2D eigenvalue weighted by Gasteiger charge is -2.23. The van der Waals surface area contributed by atoms with Gasteiger partial charge in [0.05, 0.1) is 30.7 Å². The second-order valence-electron chi connectivity index (χ2n) is 7.91. The zero-order valence-electron chi connectivity index (χ0n) is 18.9. The number of thioether (sulfide) groups is 1. The summed E-state index contributed by atoms with van der Waals surface area (Å²) in [7, 11) is 0. The van der Waals surface area contributed by atoms with Gasteiger partial charge < -0.3 is 19.4 Å². The van der Waals surface area contributed by atoms with E-state index in [4.69, 9.17) is 9.15 Å². The maximum absolute atomic E-state index is 12.7. The average molecular weight is 479 g/mol. The number of ether oxygens (including phenoxy) is 1. The van der Waals surface area contributed by atoms with Gasteiger partial charge in [0, 0.05) is 11.3 Å². The molecular weight excluding hydrogens is 452 g/mol. The van der Waals surface area contributed by atoms with E-state index in [1.807, 2.05) is 25.1 Å². The Balaban J connectivity index is 1.36. The normalized spacial score (nSPS) is 15.4. The molecule has 34 heavy (non-hydrogen) atoms. The summed E-state index contributed by atoms with van der Waals surface area (Å²) < 4.78 is 10.6. The van der Waals surface area contributed by atoms with Gasteiger partial charge in [-0.25, -0.2) is 4.79 Å². The van der Waals surface area contributed by atoms with Gasteiger partial charge in [-0.15, -0.1) is 11.8 Å². The number of anilines is 1. The molecular formula is C26H26N2O5S. The predicted octanol–water partition coefficient (Wildman–Crippen LogP) is 5.26. The number of benzene rings is 2. The quantitative estimate of drug-likeness (QED) is 0.333. The minimum atomic E-state index is -0.369. The van der Waals surface area contributed by atoms with Crippen molar-refractivity contribution in [3.05, 3.63) is 89.4 Å². The third kappa shape index (κ3) is 5.69. The molecule has 1 atom stereocenters.